The van der Waals surface area contributed by atoms with Gasteiger partial charge in [-0.2, -0.15) is 0 Å². The van der Waals surface area contributed by atoms with Crippen molar-refractivity contribution >= 4 is 17.0 Å². The van der Waals surface area contributed by atoms with E-state index < -0.39 is 11.3 Å². The Labute approximate surface area is 216 Å². The Hall–Kier alpha value is -5.32. The van der Waals surface area contributed by atoms with Gasteiger partial charge in [-0.25, -0.2) is 15.1 Å². The van der Waals surface area contributed by atoms with Crippen LogP contribution in [0.3, 0.4) is 0 Å². The highest BCUT2D eigenvalue weighted by Crippen LogP contribution is 2.34. The van der Waals surface area contributed by atoms with Crippen molar-refractivity contribution in [3.8, 4) is 28.7 Å². The van der Waals surface area contributed by atoms with E-state index in [2.05, 4.69) is 30.6 Å². The van der Waals surface area contributed by atoms with Gasteiger partial charge in [-0.15, -0.1) is 5.10 Å². The van der Waals surface area contributed by atoms with Crippen LogP contribution in [-0.4, -0.2) is 47.3 Å². The zero-order chi connectivity index (χ0) is 26.2. The van der Waals surface area contributed by atoms with Crippen LogP contribution in [0, 0.1) is 0 Å². The fourth-order valence-corrected chi connectivity index (χ4v) is 4.54. The molecule has 6 rings (SSSR count). The zero-order valence-electron chi connectivity index (χ0n) is 20.5. The highest BCUT2D eigenvalue weighted by molar-refractivity contribution is 5.76. The molecule has 11 nitrogen and oxygen atoms in total. The first-order valence-electron chi connectivity index (χ1n) is 11.8. The van der Waals surface area contributed by atoms with Crippen LogP contribution in [0.2, 0.25) is 0 Å². The fourth-order valence-electron chi connectivity index (χ4n) is 4.54. The van der Waals surface area contributed by atoms with Crippen molar-refractivity contribution < 1.29 is 9.52 Å². The number of oxazole rings is 1. The van der Waals surface area contributed by atoms with Crippen molar-refractivity contribution in [1.29, 1.82) is 0 Å². The third kappa shape index (κ3) is 3.95. The minimum absolute atomic E-state index is 0.0283. The monoisotopic (exact) mass is 506 g/mol. The number of rotatable bonds is 6. The Bertz CT molecular complexity index is 1760. The molecule has 0 aliphatic rings. The van der Waals surface area contributed by atoms with Crippen molar-refractivity contribution in [3.63, 3.8) is 0 Å². The molecule has 11 heteroatoms. The average Bonchev–Trinajstić information content (AvgIpc) is 3.63. The van der Waals surface area contributed by atoms with Gasteiger partial charge in [0.1, 0.15) is 5.52 Å². The smallest absolute Gasteiger partial charge is 0.297 e. The summed E-state index contributed by atoms with van der Waals surface area (Å²) in [5.41, 5.74) is 3.17. The Kier molecular flexibility index (Phi) is 5.64. The second kappa shape index (κ2) is 9.28. The molecule has 188 valence electrons. The van der Waals surface area contributed by atoms with Gasteiger partial charge in [0.2, 0.25) is 11.7 Å². The fraction of sp³-hybridized carbons (Fsp3) is 0.111. The molecular weight excluding hydrogens is 484 g/mol. The van der Waals surface area contributed by atoms with E-state index in [9.17, 15) is 9.90 Å². The Balaban J connectivity index is 1.51. The highest BCUT2D eigenvalue weighted by Gasteiger charge is 2.27. The van der Waals surface area contributed by atoms with Gasteiger partial charge in [0.05, 0.1) is 6.04 Å². The van der Waals surface area contributed by atoms with Crippen molar-refractivity contribution in [2.24, 2.45) is 7.05 Å². The summed E-state index contributed by atoms with van der Waals surface area (Å²) in [7, 11) is 3.41. The number of para-hydroxylation sites is 2. The molecule has 0 fully saturated rings. The maximum absolute atomic E-state index is 13.2. The lowest BCUT2D eigenvalue weighted by Gasteiger charge is -2.31. The van der Waals surface area contributed by atoms with Gasteiger partial charge < -0.3 is 14.4 Å². The van der Waals surface area contributed by atoms with E-state index in [1.165, 1.54) is 4.57 Å². The number of H-pyrrole nitrogens is 1. The van der Waals surface area contributed by atoms with Gasteiger partial charge in [-0.05, 0) is 39.8 Å². The first kappa shape index (κ1) is 23.1. The zero-order valence-corrected chi connectivity index (χ0v) is 20.5. The van der Waals surface area contributed by atoms with Gasteiger partial charge in [0.15, 0.2) is 17.1 Å². The summed E-state index contributed by atoms with van der Waals surface area (Å²) in [5, 5.41) is 24.9. The molecule has 1 atom stereocenters. The van der Waals surface area contributed by atoms with Crippen LogP contribution >= 0.6 is 0 Å². The Morgan fingerprint density at radius 3 is 2.50 bits per heavy atom. The van der Waals surface area contributed by atoms with Crippen LogP contribution in [0.25, 0.3) is 34.1 Å². The number of hydrogen-bond acceptors (Lipinski definition) is 9. The molecule has 0 aliphatic heterocycles. The largest absolute Gasteiger partial charge is 0.501 e. The summed E-state index contributed by atoms with van der Waals surface area (Å²) in [6.07, 6.45) is 0. The standard InChI is InChI=1S/C27H22N8O3/c1-34(22(16-9-4-3-5-10-16)17-11-8-12-18(15-17)24-30-32-33-31-24)27-29-21(23(36)26(37)35(27)2)25-28-19-13-6-7-14-20(19)38-25/h3-15,22,36H,1-2H3,(H,30,31,32,33). The van der Waals surface area contributed by atoms with E-state index in [-0.39, 0.29) is 17.6 Å². The SMILES string of the molecule is CN(c1nc(-c2nc3ccccc3o2)c(O)c(=O)n1C)C(c1ccccc1)c1cccc(-c2nnn[nH]2)c1. The van der Waals surface area contributed by atoms with E-state index in [4.69, 9.17) is 4.42 Å². The summed E-state index contributed by atoms with van der Waals surface area (Å²) < 4.78 is 7.14. The number of anilines is 1. The van der Waals surface area contributed by atoms with Crippen LogP contribution in [-0.2, 0) is 7.05 Å². The Morgan fingerprint density at radius 2 is 1.74 bits per heavy atom. The van der Waals surface area contributed by atoms with E-state index in [1.807, 2.05) is 78.7 Å². The van der Waals surface area contributed by atoms with E-state index >= 15 is 0 Å². The molecule has 3 heterocycles. The lowest BCUT2D eigenvalue weighted by atomic mass is 9.96. The molecule has 1 unspecified atom stereocenters. The molecule has 6 aromatic rings. The number of nitrogens with zero attached hydrogens (tertiary/aromatic N) is 7. The Morgan fingerprint density at radius 1 is 0.974 bits per heavy atom. The van der Waals surface area contributed by atoms with Crippen LogP contribution in [0.1, 0.15) is 17.2 Å². The molecule has 0 saturated heterocycles. The normalized spacial score (nSPS) is 12.1. The third-order valence-electron chi connectivity index (χ3n) is 6.38. The number of aromatic amines is 1. The van der Waals surface area contributed by atoms with Gasteiger partial charge in [-0.3, -0.25) is 9.36 Å². The summed E-state index contributed by atoms with van der Waals surface area (Å²) in [6.45, 7) is 0. The number of benzene rings is 3. The number of tetrazole rings is 1. The summed E-state index contributed by atoms with van der Waals surface area (Å²) in [5.74, 6) is 0.375. The minimum Gasteiger partial charge on any atom is -0.501 e. The first-order chi connectivity index (χ1) is 18.5. The number of aromatic nitrogens is 7. The molecule has 3 aromatic carbocycles. The summed E-state index contributed by atoms with van der Waals surface area (Å²) >= 11 is 0. The van der Waals surface area contributed by atoms with Gasteiger partial charge in [-0.1, -0.05) is 60.7 Å². The number of hydrogen-bond donors (Lipinski definition) is 2. The van der Waals surface area contributed by atoms with Crippen LogP contribution in [0.15, 0.2) is 88.1 Å². The molecule has 0 amide bonds. The number of nitrogens with one attached hydrogen (secondary N) is 1. The second-order valence-electron chi connectivity index (χ2n) is 8.76. The topological polar surface area (TPSA) is 139 Å². The van der Waals surface area contributed by atoms with Crippen LogP contribution in [0.5, 0.6) is 5.75 Å². The maximum atomic E-state index is 13.2. The predicted octanol–water partition coefficient (Wildman–Crippen LogP) is 3.70. The maximum Gasteiger partial charge on any atom is 0.297 e. The van der Waals surface area contributed by atoms with E-state index in [0.717, 1.165) is 16.7 Å². The lowest BCUT2D eigenvalue weighted by molar-refractivity contribution is 0.455. The highest BCUT2D eigenvalue weighted by atomic mass is 16.4. The predicted molar refractivity (Wildman–Crippen MR) is 140 cm³/mol. The summed E-state index contributed by atoms with van der Waals surface area (Å²) in [4.78, 5) is 24.2. The molecule has 0 saturated carbocycles. The van der Waals surface area contributed by atoms with Crippen molar-refractivity contribution in [2.45, 2.75) is 6.04 Å². The van der Waals surface area contributed by atoms with Crippen molar-refractivity contribution in [2.75, 3.05) is 11.9 Å². The second-order valence-corrected chi connectivity index (χ2v) is 8.76. The van der Waals surface area contributed by atoms with E-state index in [0.29, 0.717) is 22.9 Å². The number of aromatic hydroxyl groups is 1. The molecule has 0 spiro atoms. The molecule has 0 bridgehead atoms. The third-order valence-corrected chi connectivity index (χ3v) is 6.38. The molecule has 38 heavy (non-hydrogen) atoms. The van der Waals surface area contributed by atoms with Gasteiger partial charge in [0, 0.05) is 19.7 Å². The number of fused-ring (bicyclic) bond motifs is 1. The van der Waals surface area contributed by atoms with E-state index in [1.54, 1.807) is 19.2 Å². The molecule has 2 N–H and O–H groups in total. The van der Waals surface area contributed by atoms with Crippen LogP contribution < -0.4 is 10.5 Å². The summed E-state index contributed by atoms with van der Waals surface area (Å²) in [6, 6.07) is 24.5. The van der Waals surface area contributed by atoms with Crippen LogP contribution in [0.4, 0.5) is 5.95 Å². The molecule has 3 aromatic heterocycles. The van der Waals surface area contributed by atoms with Crippen molar-refractivity contribution in [1.82, 2.24) is 35.2 Å². The van der Waals surface area contributed by atoms with Gasteiger partial charge >= 0.3 is 0 Å². The first-order valence-corrected chi connectivity index (χ1v) is 11.8. The average molecular weight is 507 g/mol. The molecule has 0 radical (unpaired) electrons. The van der Waals surface area contributed by atoms with Crippen molar-refractivity contribution in [3.05, 3.63) is 100 Å². The quantitative estimate of drug-likeness (QED) is 0.346. The molecule has 0 aliphatic carbocycles. The van der Waals surface area contributed by atoms with Gasteiger partial charge in [0.25, 0.3) is 11.4 Å². The lowest BCUT2D eigenvalue weighted by Crippen LogP contribution is -2.32. The molecular formula is C27H22N8O3. The minimum atomic E-state index is -0.618.